The number of rotatable bonds is 2. The zero-order valence-electron chi connectivity index (χ0n) is 9.38. The molecule has 2 atom stereocenters. The number of hydrogen-bond acceptors (Lipinski definition) is 2. The van der Waals surface area contributed by atoms with Crippen molar-refractivity contribution >= 4 is 5.97 Å². The molecule has 0 aromatic carbocycles. The van der Waals surface area contributed by atoms with Crippen LogP contribution in [0, 0.1) is 11.8 Å². The molecule has 1 aliphatic rings. The lowest BCUT2D eigenvalue weighted by Gasteiger charge is -2.27. The highest BCUT2D eigenvalue weighted by Crippen LogP contribution is 2.32. The van der Waals surface area contributed by atoms with Gasteiger partial charge in [-0.3, -0.25) is 4.79 Å². The monoisotopic (exact) mass is 196 g/mol. The summed E-state index contributed by atoms with van der Waals surface area (Å²) in [4.78, 5) is 10.6. The summed E-state index contributed by atoms with van der Waals surface area (Å²) in [6.45, 7) is 6.51. The van der Waals surface area contributed by atoms with E-state index in [1.54, 1.807) is 0 Å². The molecule has 0 saturated heterocycles. The lowest BCUT2D eigenvalue weighted by molar-refractivity contribution is -0.139. The van der Waals surface area contributed by atoms with E-state index < -0.39 is 0 Å². The van der Waals surface area contributed by atoms with Crippen molar-refractivity contribution in [2.45, 2.75) is 40.0 Å². The molecule has 2 heteroatoms. The SMILES string of the molecule is CC(=O)OCC=C1CCC(C)C(C)C1. The van der Waals surface area contributed by atoms with Gasteiger partial charge in [-0.15, -0.1) is 0 Å². The van der Waals surface area contributed by atoms with Gasteiger partial charge in [-0.05, 0) is 37.2 Å². The summed E-state index contributed by atoms with van der Waals surface area (Å²) in [6.07, 6.45) is 5.69. The quantitative estimate of drug-likeness (QED) is 0.501. The third-order valence-corrected chi connectivity index (χ3v) is 3.13. The third-order valence-electron chi connectivity index (χ3n) is 3.13. The minimum absolute atomic E-state index is 0.195. The Kier molecular flexibility index (Phi) is 4.18. The lowest BCUT2D eigenvalue weighted by Crippen LogP contribution is -2.15. The van der Waals surface area contributed by atoms with E-state index in [9.17, 15) is 4.79 Å². The smallest absolute Gasteiger partial charge is 0.302 e. The molecular weight excluding hydrogens is 176 g/mol. The van der Waals surface area contributed by atoms with Crippen LogP contribution in [0.2, 0.25) is 0 Å². The molecule has 1 aliphatic carbocycles. The van der Waals surface area contributed by atoms with Crippen molar-refractivity contribution in [1.29, 1.82) is 0 Å². The first-order valence-corrected chi connectivity index (χ1v) is 5.41. The highest BCUT2D eigenvalue weighted by Gasteiger charge is 2.19. The van der Waals surface area contributed by atoms with Crippen molar-refractivity contribution in [1.82, 2.24) is 0 Å². The molecular formula is C12H20O2. The Hall–Kier alpha value is -0.790. The molecule has 2 unspecified atom stereocenters. The van der Waals surface area contributed by atoms with Gasteiger partial charge in [0.2, 0.25) is 0 Å². The molecule has 0 spiro atoms. The van der Waals surface area contributed by atoms with Crippen LogP contribution < -0.4 is 0 Å². The molecule has 1 saturated carbocycles. The molecule has 0 heterocycles. The molecule has 0 N–H and O–H groups in total. The van der Waals surface area contributed by atoms with Gasteiger partial charge in [-0.1, -0.05) is 19.4 Å². The summed E-state index contributed by atoms with van der Waals surface area (Å²) in [5.74, 6) is 1.41. The van der Waals surface area contributed by atoms with E-state index in [-0.39, 0.29) is 5.97 Å². The maximum atomic E-state index is 10.6. The van der Waals surface area contributed by atoms with Gasteiger partial charge in [-0.2, -0.15) is 0 Å². The van der Waals surface area contributed by atoms with Crippen molar-refractivity contribution in [3.05, 3.63) is 11.6 Å². The largest absolute Gasteiger partial charge is 0.462 e. The summed E-state index contributed by atoms with van der Waals surface area (Å²) in [6, 6.07) is 0. The molecule has 0 radical (unpaired) electrons. The van der Waals surface area contributed by atoms with Crippen LogP contribution in [0.15, 0.2) is 11.6 Å². The first-order valence-electron chi connectivity index (χ1n) is 5.41. The molecule has 0 aromatic heterocycles. The topological polar surface area (TPSA) is 26.3 Å². The Morgan fingerprint density at radius 1 is 1.50 bits per heavy atom. The van der Waals surface area contributed by atoms with Gasteiger partial charge in [0.15, 0.2) is 0 Å². The highest BCUT2D eigenvalue weighted by atomic mass is 16.5. The number of carbonyl (C=O) groups is 1. The number of allylic oxidation sites excluding steroid dienone is 1. The van der Waals surface area contributed by atoms with E-state index in [0.29, 0.717) is 6.61 Å². The summed E-state index contributed by atoms with van der Waals surface area (Å²) >= 11 is 0. The molecule has 0 bridgehead atoms. The van der Waals surface area contributed by atoms with E-state index in [4.69, 9.17) is 4.74 Å². The van der Waals surface area contributed by atoms with Gasteiger partial charge in [0.05, 0.1) is 0 Å². The fraction of sp³-hybridized carbons (Fsp3) is 0.750. The van der Waals surface area contributed by atoms with Crippen molar-refractivity contribution in [2.75, 3.05) is 6.61 Å². The fourth-order valence-corrected chi connectivity index (χ4v) is 1.88. The van der Waals surface area contributed by atoms with E-state index in [1.165, 1.54) is 31.8 Å². The van der Waals surface area contributed by atoms with Crippen LogP contribution in [-0.2, 0) is 9.53 Å². The maximum Gasteiger partial charge on any atom is 0.302 e. The van der Waals surface area contributed by atoms with Gasteiger partial charge >= 0.3 is 5.97 Å². The number of carbonyl (C=O) groups excluding carboxylic acids is 1. The van der Waals surface area contributed by atoms with Gasteiger partial charge in [-0.25, -0.2) is 0 Å². The molecule has 0 aromatic rings. The Bertz CT molecular complexity index is 230. The standard InChI is InChI=1S/C12H20O2/c1-9-4-5-12(8-10(9)2)6-7-14-11(3)13/h6,9-10H,4-5,7-8H2,1-3H3. The van der Waals surface area contributed by atoms with Crippen molar-refractivity contribution in [2.24, 2.45) is 11.8 Å². The summed E-state index contributed by atoms with van der Waals surface area (Å²) in [5.41, 5.74) is 1.46. The van der Waals surface area contributed by atoms with Gasteiger partial charge in [0.25, 0.3) is 0 Å². The van der Waals surface area contributed by atoms with E-state index in [0.717, 1.165) is 11.8 Å². The molecule has 14 heavy (non-hydrogen) atoms. The van der Waals surface area contributed by atoms with Gasteiger partial charge in [0, 0.05) is 6.92 Å². The summed E-state index contributed by atoms with van der Waals surface area (Å²) in [7, 11) is 0. The second-order valence-electron chi connectivity index (χ2n) is 4.36. The van der Waals surface area contributed by atoms with Crippen molar-refractivity contribution in [3.63, 3.8) is 0 Å². The summed E-state index contributed by atoms with van der Waals surface area (Å²) < 4.78 is 4.89. The van der Waals surface area contributed by atoms with Crippen LogP contribution in [-0.4, -0.2) is 12.6 Å². The summed E-state index contributed by atoms with van der Waals surface area (Å²) in [5, 5.41) is 0. The number of ether oxygens (including phenoxy) is 1. The van der Waals surface area contributed by atoms with Crippen LogP contribution >= 0.6 is 0 Å². The normalized spacial score (nSPS) is 30.4. The minimum atomic E-state index is -0.195. The third kappa shape index (κ3) is 3.52. The van der Waals surface area contributed by atoms with Crippen molar-refractivity contribution in [3.8, 4) is 0 Å². The molecule has 1 rings (SSSR count). The van der Waals surface area contributed by atoms with Gasteiger partial charge < -0.3 is 4.74 Å². The molecule has 0 amide bonds. The lowest BCUT2D eigenvalue weighted by atomic mass is 9.79. The Balaban J connectivity index is 2.34. The first kappa shape index (κ1) is 11.3. The van der Waals surface area contributed by atoms with Crippen LogP contribution in [0.4, 0.5) is 0 Å². The number of hydrogen-bond donors (Lipinski definition) is 0. The van der Waals surface area contributed by atoms with Crippen LogP contribution in [0.1, 0.15) is 40.0 Å². The molecule has 0 aliphatic heterocycles. The second-order valence-corrected chi connectivity index (χ2v) is 4.36. The predicted molar refractivity (Wildman–Crippen MR) is 56.9 cm³/mol. The Labute approximate surface area is 86.3 Å². The van der Waals surface area contributed by atoms with E-state index >= 15 is 0 Å². The Morgan fingerprint density at radius 2 is 2.21 bits per heavy atom. The molecule has 2 nitrogen and oxygen atoms in total. The van der Waals surface area contributed by atoms with Crippen LogP contribution in [0.25, 0.3) is 0 Å². The Morgan fingerprint density at radius 3 is 2.79 bits per heavy atom. The van der Waals surface area contributed by atoms with Crippen molar-refractivity contribution < 1.29 is 9.53 Å². The van der Waals surface area contributed by atoms with E-state index in [2.05, 4.69) is 19.9 Å². The highest BCUT2D eigenvalue weighted by molar-refractivity contribution is 5.66. The fourth-order valence-electron chi connectivity index (χ4n) is 1.88. The predicted octanol–water partition coefficient (Wildman–Crippen LogP) is 2.93. The second kappa shape index (κ2) is 5.18. The average molecular weight is 196 g/mol. The van der Waals surface area contributed by atoms with Crippen LogP contribution in [0.5, 0.6) is 0 Å². The maximum absolute atomic E-state index is 10.6. The van der Waals surface area contributed by atoms with E-state index in [1.807, 2.05) is 0 Å². The number of esters is 1. The zero-order chi connectivity index (χ0) is 10.6. The zero-order valence-corrected chi connectivity index (χ0v) is 9.38. The minimum Gasteiger partial charge on any atom is -0.462 e. The molecule has 1 fully saturated rings. The van der Waals surface area contributed by atoms with Crippen LogP contribution in [0.3, 0.4) is 0 Å². The molecule has 80 valence electrons. The average Bonchev–Trinajstić information content (AvgIpc) is 2.10. The van der Waals surface area contributed by atoms with Gasteiger partial charge in [0.1, 0.15) is 6.61 Å². The first-order chi connectivity index (χ1) is 6.59.